The van der Waals surface area contributed by atoms with Gasteiger partial charge in [0, 0.05) is 22.0 Å². The highest BCUT2D eigenvalue weighted by molar-refractivity contribution is 9.10. The van der Waals surface area contributed by atoms with Crippen molar-refractivity contribution in [1.82, 2.24) is 5.32 Å². The van der Waals surface area contributed by atoms with Crippen LogP contribution in [0.1, 0.15) is 41.0 Å². The van der Waals surface area contributed by atoms with Crippen molar-refractivity contribution in [1.29, 1.82) is 0 Å². The Morgan fingerprint density at radius 1 is 1.18 bits per heavy atom. The Labute approximate surface area is 169 Å². The number of rotatable bonds is 5. The molecule has 0 aliphatic carbocycles. The molecule has 0 saturated carbocycles. The Kier molecular flexibility index (Phi) is 5.94. The second-order valence-electron chi connectivity index (χ2n) is 6.33. The summed E-state index contributed by atoms with van der Waals surface area (Å²) in [7, 11) is 0. The van der Waals surface area contributed by atoms with Crippen LogP contribution in [0.25, 0.3) is 11.0 Å². The summed E-state index contributed by atoms with van der Waals surface area (Å²) in [5.41, 5.74) is -0.201. The van der Waals surface area contributed by atoms with Gasteiger partial charge in [-0.3, -0.25) is 4.79 Å². The zero-order valence-electron chi connectivity index (χ0n) is 15.3. The van der Waals surface area contributed by atoms with Gasteiger partial charge in [0.2, 0.25) is 0 Å². The predicted octanol–water partition coefficient (Wildman–Crippen LogP) is 4.30. The number of amides is 1. The highest BCUT2D eigenvalue weighted by Gasteiger charge is 2.16. The zero-order chi connectivity index (χ0) is 20.3. The summed E-state index contributed by atoms with van der Waals surface area (Å²) in [4.78, 5) is 36.7. The minimum absolute atomic E-state index is 0.0533. The molecule has 0 aliphatic heterocycles. The molecule has 3 rings (SSSR count). The molecule has 28 heavy (non-hydrogen) atoms. The van der Waals surface area contributed by atoms with Gasteiger partial charge in [-0.05, 0) is 49.7 Å². The van der Waals surface area contributed by atoms with Gasteiger partial charge in [-0.25, -0.2) is 9.59 Å². The van der Waals surface area contributed by atoms with E-state index in [1.807, 2.05) is 13.8 Å². The fraction of sp³-hybridized carbons (Fsp3) is 0.190. The van der Waals surface area contributed by atoms with E-state index in [2.05, 4.69) is 21.2 Å². The van der Waals surface area contributed by atoms with Gasteiger partial charge < -0.3 is 14.5 Å². The van der Waals surface area contributed by atoms with Crippen LogP contribution in [0.4, 0.5) is 0 Å². The maximum atomic E-state index is 12.3. The number of hydrogen-bond donors (Lipinski definition) is 1. The van der Waals surface area contributed by atoms with Crippen LogP contribution in [0.5, 0.6) is 5.75 Å². The van der Waals surface area contributed by atoms with Crippen molar-refractivity contribution in [2.24, 2.45) is 0 Å². The molecule has 1 atom stereocenters. The molecule has 0 aliphatic rings. The van der Waals surface area contributed by atoms with E-state index in [4.69, 9.17) is 9.15 Å². The molecule has 2 aromatic carbocycles. The minimum Gasteiger partial charge on any atom is -0.423 e. The lowest BCUT2D eigenvalue weighted by Crippen LogP contribution is -2.34. The van der Waals surface area contributed by atoms with Crippen LogP contribution in [-0.2, 0) is 0 Å². The standard InChI is InChI=1S/C21H18BrNO5/c1-3-12(2)23-19(24)17-10-13-7-8-16(11-18(13)28-21(17)26)27-20(25)14-5-4-6-15(22)9-14/h4-12H,3H2,1-2H3,(H,23,24). The summed E-state index contributed by atoms with van der Waals surface area (Å²) in [6.07, 6.45) is 0.747. The number of carbonyl (C=O) groups is 2. The Bertz CT molecular complexity index is 1110. The molecule has 1 unspecified atom stereocenters. The molecule has 1 heterocycles. The third kappa shape index (κ3) is 4.48. The molecular weight excluding hydrogens is 426 g/mol. The van der Waals surface area contributed by atoms with Crippen LogP contribution >= 0.6 is 15.9 Å². The van der Waals surface area contributed by atoms with E-state index in [9.17, 15) is 14.4 Å². The van der Waals surface area contributed by atoms with Gasteiger partial charge in [0.15, 0.2) is 0 Å². The second-order valence-corrected chi connectivity index (χ2v) is 7.25. The smallest absolute Gasteiger partial charge is 0.349 e. The molecule has 144 valence electrons. The number of ether oxygens (including phenoxy) is 1. The molecule has 0 bridgehead atoms. The van der Waals surface area contributed by atoms with Crippen molar-refractivity contribution >= 4 is 38.8 Å². The van der Waals surface area contributed by atoms with Gasteiger partial charge in [-0.2, -0.15) is 0 Å². The molecule has 0 saturated heterocycles. The molecule has 1 N–H and O–H groups in total. The number of fused-ring (bicyclic) bond motifs is 1. The largest absolute Gasteiger partial charge is 0.423 e. The summed E-state index contributed by atoms with van der Waals surface area (Å²) in [6.45, 7) is 3.79. The highest BCUT2D eigenvalue weighted by Crippen LogP contribution is 2.22. The Balaban J connectivity index is 1.86. The van der Waals surface area contributed by atoms with E-state index in [0.717, 1.165) is 10.9 Å². The molecule has 0 radical (unpaired) electrons. The predicted molar refractivity (Wildman–Crippen MR) is 109 cm³/mol. The van der Waals surface area contributed by atoms with E-state index in [-0.39, 0.29) is 22.9 Å². The van der Waals surface area contributed by atoms with E-state index in [0.29, 0.717) is 10.9 Å². The van der Waals surface area contributed by atoms with Crippen LogP contribution in [0.15, 0.2) is 62.2 Å². The zero-order valence-corrected chi connectivity index (χ0v) is 16.9. The van der Waals surface area contributed by atoms with Gasteiger partial charge in [0.25, 0.3) is 5.91 Å². The fourth-order valence-corrected chi connectivity index (χ4v) is 2.90. The van der Waals surface area contributed by atoms with Crippen molar-refractivity contribution in [2.45, 2.75) is 26.3 Å². The third-order valence-corrected chi connectivity index (χ3v) is 4.71. The molecule has 6 nitrogen and oxygen atoms in total. The summed E-state index contributed by atoms with van der Waals surface area (Å²) in [5, 5.41) is 3.29. The van der Waals surface area contributed by atoms with E-state index in [1.54, 1.807) is 36.4 Å². The summed E-state index contributed by atoms with van der Waals surface area (Å²) in [5.74, 6) is -0.778. The van der Waals surface area contributed by atoms with Crippen molar-refractivity contribution in [3.8, 4) is 5.75 Å². The van der Waals surface area contributed by atoms with Gasteiger partial charge in [0.1, 0.15) is 16.9 Å². The maximum absolute atomic E-state index is 12.3. The molecule has 0 spiro atoms. The monoisotopic (exact) mass is 443 g/mol. The normalized spacial score (nSPS) is 11.8. The number of hydrogen-bond acceptors (Lipinski definition) is 5. The number of carbonyl (C=O) groups excluding carboxylic acids is 2. The molecule has 1 aromatic heterocycles. The highest BCUT2D eigenvalue weighted by atomic mass is 79.9. The molecule has 3 aromatic rings. The topological polar surface area (TPSA) is 85.6 Å². The number of halogens is 1. The quantitative estimate of drug-likeness (QED) is 0.360. The number of benzene rings is 2. The average molecular weight is 444 g/mol. The first-order valence-electron chi connectivity index (χ1n) is 8.74. The Morgan fingerprint density at radius 2 is 1.96 bits per heavy atom. The van der Waals surface area contributed by atoms with E-state index >= 15 is 0 Å². The van der Waals surface area contributed by atoms with Crippen molar-refractivity contribution < 1.29 is 18.7 Å². The summed E-state index contributed by atoms with van der Waals surface area (Å²) < 4.78 is 11.4. The first-order chi connectivity index (χ1) is 13.4. The molecule has 1 amide bonds. The lowest BCUT2D eigenvalue weighted by molar-refractivity contribution is 0.0734. The Hall–Kier alpha value is -2.93. The van der Waals surface area contributed by atoms with Gasteiger partial charge >= 0.3 is 11.6 Å². The van der Waals surface area contributed by atoms with Crippen LogP contribution in [-0.4, -0.2) is 17.9 Å². The second kappa shape index (κ2) is 8.39. The third-order valence-electron chi connectivity index (χ3n) is 4.21. The van der Waals surface area contributed by atoms with E-state index in [1.165, 1.54) is 12.1 Å². The van der Waals surface area contributed by atoms with Gasteiger partial charge in [0.05, 0.1) is 5.56 Å². The Morgan fingerprint density at radius 3 is 2.68 bits per heavy atom. The minimum atomic E-state index is -0.747. The van der Waals surface area contributed by atoms with Gasteiger partial charge in [-0.15, -0.1) is 0 Å². The number of nitrogens with one attached hydrogen (secondary N) is 1. The van der Waals surface area contributed by atoms with Crippen LogP contribution in [0.2, 0.25) is 0 Å². The average Bonchev–Trinajstić information content (AvgIpc) is 2.67. The summed E-state index contributed by atoms with van der Waals surface area (Å²) in [6, 6.07) is 12.9. The van der Waals surface area contributed by atoms with Crippen LogP contribution in [0.3, 0.4) is 0 Å². The first-order valence-corrected chi connectivity index (χ1v) is 9.53. The summed E-state index contributed by atoms with van der Waals surface area (Å²) >= 11 is 3.30. The maximum Gasteiger partial charge on any atom is 0.349 e. The van der Waals surface area contributed by atoms with Crippen molar-refractivity contribution in [2.75, 3.05) is 0 Å². The van der Waals surface area contributed by atoms with Crippen molar-refractivity contribution in [3.63, 3.8) is 0 Å². The lowest BCUT2D eigenvalue weighted by Gasteiger charge is -2.11. The number of esters is 1. The van der Waals surface area contributed by atoms with Gasteiger partial charge in [-0.1, -0.05) is 28.9 Å². The van der Waals surface area contributed by atoms with Crippen LogP contribution in [0, 0.1) is 0 Å². The van der Waals surface area contributed by atoms with Crippen LogP contribution < -0.4 is 15.7 Å². The fourth-order valence-electron chi connectivity index (χ4n) is 2.50. The first kappa shape index (κ1) is 19.8. The SMILES string of the molecule is CCC(C)NC(=O)c1cc2ccc(OC(=O)c3cccc(Br)c3)cc2oc1=O. The molecular formula is C21H18BrNO5. The lowest BCUT2D eigenvalue weighted by atomic mass is 10.1. The van der Waals surface area contributed by atoms with E-state index < -0.39 is 17.5 Å². The molecule has 7 heteroatoms. The molecule has 0 fully saturated rings. The van der Waals surface area contributed by atoms with Crippen molar-refractivity contribution in [3.05, 3.63) is 74.6 Å².